The van der Waals surface area contributed by atoms with Crippen molar-refractivity contribution in [3.8, 4) is 5.75 Å². The maximum atomic E-state index is 5.61. The number of hydrogen-bond donors (Lipinski definition) is 0. The highest BCUT2D eigenvalue weighted by molar-refractivity contribution is 9.08. The number of benzene rings is 1. The van der Waals surface area contributed by atoms with Crippen molar-refractivity contribution < 1.29 is 4.74 Å². The maximum Gasteiger partial charge on any atom is 0.134 e. The summed E-state index contributed by atoms with van der Waals surface area (Å²) in [5, 5.41) is 8.62. The summed E-state index contributed by atoms with van der Waals surface area (Å²) in [5.41, 5.74) is 2.02. The van der Waals surface area contributed by atoms with E-state index in [0.29, 0.717) is 6.61 Å². The SMILES string of the molecule is Cn1cc(COc2cccc(CBr)c2)nn1. The van der Waals surface area contributed by atoms with Crippen LogP contribution in [0.15, 0.2) is 30.5 Å². The number of nitrogens with zero attached hydrogens (tertiary/aromatic N) is 3. The quantitative estimate of drug-likeness (QED) is 0.808. The number of ether oxygens (including phenoxy) is 1. The molecule has 0 saturated heterocycles. The molecule has 16 heavy (non-hydrogen) atoms. The second kappa shape index (κ2) is 5.12. The first-order valence-corrected chi connectivity index (χ1v) is 6.03. The Morgan fingerprint density at radius 3 is 3.00 bits per heavy atom. The van der Waals surface area contributed by atoms with Gasteiger partial charge in [-0.3, -0.25) is 4.68 Å². The topological polar surface area (TPSA) is 39.9 Å². The van der Waals surface area contributed by atoms with Gasteiger partial charge < -0.3 is 4.74 Å². The Kier molecular flexibility index (Phi) is 3.56. The summed E-state index contributed by atoms with van der Waals surface area (Å²) in [6.45, 7) is 0.444. The molecule has 0 N–H and O–H groups in total. The molecule has 0 bridgehead atoms. The van der Waals surface area contributed by atoms with Gasteiger partial charge in [-0.15, -0.1) is 5.10 Å². The van der Waals surface area contributed by atoms with E-state index in [1.54, 1.807) is 4.68 Å². The van der Waals surface area contributed by atoms with Gasteiger partial charge in [0.1, 0.15) is 18.1 Å². The lowest BCUT2D eigenvalue weighted by Crippen LogP contribution is -1.96. The van der Waals surface area contributed by atoms with Gasteiger partial charge in [0, 0.05) is 12.4 Å². The summed E-state index contributed by atoms with van der Waals surface area (Å²) in [6.07, 6.45) is 1.84. The van der Waals surface area contributed by atoms with Crippen LogP contribution in [0.2, 0.25) is 0 Å². The standard InChI is InChI=1S/C11H12BrN3O/c1-15-7-10(13-14-15)8-16-11-4-2-3-9(5-11)6-12/h2-5,7H,6,8H2,1H3. The highest BCUT2D eigenvalue weighted by Crippen LogP contribution is 2.16. The Hall–Kier alpha value is -1.36. The second-order valence-electron chi connectivity index (χ2n) is 3.45. The first-order chi connectivity index (χ1) is 7.78. The van der Waals surface area contributed by atoms with Gasteiger partial charge in [0.25, 0.3) is 0 Å². The van der Waals surface area contributed by atoms with Crippen LogP contribution < -0.4 is 4.74 Å². The fourth-order valence-corrected chi connectivity index (χ4v) is 1.69. The first kappa shape index (κ1) is 11.1. The average molecular weight is 282 g/mol. The zero-order chi connectivity index (χ0) is 11.4. The van der Waals surface area contributed by atoms with Gasteiger partial charge in [0.05, 0.1) is 6.20 Å². The van der Waals surface area contributed by atoms with Crippen LogP contribution >= 0.6 is 15.9 Å². The smallest absolute Gasteiger partial charge is 0.134 e. The Morgan fingerprint density at radius 2 is 2.31 bits per heavy atom. The van der Waals surface area contributed by atoms with Gasteiger partial charge >= 0.3 is 0 Å². The predicted molar refractivity (Wildman–Crippen MR) is 64.4 cm³/mol. The van der Waals surface area contributed by atoms with E-state index in [0.717, 1.165) is 16.8 Å². The molecular formula is C11H12BrN3O. The van der Waals surface area contributed by atoms with Crippen LogP contribution in [0, 0.1) is 0 Å². The van der Waals surface area contributed by atoms with Crippen molar-refractivity contribution in [2.75, 3.05) is 0 Å². The zero-order valence-corrected chi connectivity index (χ0v) is 10.5. The summed E-state index contributed by atoms with van der Waals surface area (Å²) in [7, 11) is 1.84. The molecule has 0 aliphatic carbocycles. The number of hydrogen-bond acceptors (Lipinski definition) is 3. The third kappa shape index (κ3) is 2.82. The third-order valence-corrected chi connectivity index (χ3v) is 2.74. The van der Waals surface area contributed by atoms with Gasteiger partial charge in [0.15, 0.2) is 0 Å². The monoisotopic (exact) mass is 281 g/mol. The highest BCUT2D eigenvalue weighted by Gasteiger charge is 2.00. The molecule has 0 aliphatic rings. The molecule has 1 heterocycles. The molecule has 0 aliphatic heterocycles. The highest BCUT2D eigenvalue weighted by atomic mass is 79.9. The lowest BCUT2D eigenvalue weighted by atomic mass is 10.2. The summed E-state index contributed by atoms with van der Waals surface area (Å²) < 4.78 is 7.27. The van der Waals surface area contributed by atoms with E-state index in [9.17, 15) is 0 Å². The predicted octanol–water partition coefficient (Wildman–Crippen LogP) is 2.29. The normalized spacial score (nSPS) is 10.4. The average Bonchev–Trinajstić information content (AvgIpc) is 2.73. The molecule has 0 radical (unpaired) electrons. The lowest BCUT2D eigenvalue weighted by molar-refractivity contribution is 0.301. The number of aromatic nitrogens is 3. The summed E-state index contributed by atoms with van der Waals surface area (Å²) in [5.74, 6) is 0.850. The molecule has 1 aromatic heterocycles. The summed E-state index contributed by atoms with van der Waals surface area (Å²) in [6, 6.07) is 7.96. The molecule has 2 rings (SSSR count). The molecule has 0 amide bonds. The van der Waals surface area contributed by atoms with Gasteiger partial charge in [-0.1, -0.05) is 33.3 Å². The molecule has 0 fully saturated rings. The van der Waals surface area contributed by atoms with E-state index in [1.807, 2.05) is 37.5 Å². The Morgan fingerprint density at radius 1 is 1.44 bits per heavy atom. The minimum Gasteiger partial charge on any atom is -0.487 e. The van der Waals surface area contributed by atoms with Gasteiger partial charge in [0.2, 0.25) is 0 Å². The number of alkyl halides is 1. The fraction of sp³-hybridized carbons (Fsp3) is 0.273. The van der Waals surface area contributed by atoms with Crippen LogP contribution in [0.25, 0.3) is 0 Å². The molecule has 0 spiro atoms. The van der Waals surface area contributed by atoms with E-state index in [-0.39, 0.29) is 0 Å². The van der Waals surface area contributed by atoms with Gasteiger partial charge in [-0.2, -0.15) is 0 Å². The van der Waals surface area contributed by atoms with Crippen LogP contribution in [-0.4, -0.2) is 15.0 Å². The van der Waals surface area contributed by atoms with E-state index in [4.69, 9.17) is 4.74 Å². The molecule has 0 atom stereocenters. The zero-order valence-electron chi connectivity index (χ0n) is 8.93. The van der Waals surface area contributed by atoms with E-state index < -0.39 is 0 Å². The first-order valence-electron chi connectivity index (χ1n) is 4.91. The molecule has 4 nitrogen and oxygen atoms in total. The fourth-order valence-electron chi connectivity index (χ4n) is 1.34. The van der Waals surface area contributed by atoms with Crippen molar-refractivity contribution in [3.05, 3.63) is 41.7 Å². The van der Waals surface area contributed by atoms with Crippen LogP contribution in [-0.2, 0) is 19.0 Å². The van der Waals surface area contributed by atoms with Crippen molar-refractivity contribution >= 4 is 15.9 Å². The van der Waals surface area contributed by atoms with Crippen molar-refractivity contribution in [2.24, 2.45) is 7.05 Å². The molecule has 1 aromatic carbocycles. The largest absolute Gasteiger partial charge is 0.487 e. The van der Waals surface area contributed by atoms with Crippen LogP contribution in [0.3, 0.4) is 0 Å². The van der Waals surface area contributed by atoms with Gasteiger partial charge in [-0.05, 0) is 17.7 Å². The molecular weight excluding hydrogens is 270 g/mol. The number of halogens is 1. The summed E-state index contributed by atoms with van der Waals surface area (Å²) >= 11 is 3.41. The number of rotatable bonds is 4. The summed E-state index contributed by atoms with van der Waals surface area (Å²) in [4.78, 5) is 0. The van der Waals surface area contributed by atoms with Crippen molar-refractivity contribution in [1.29, 1.82) is 0 Å². The maximum absolute atomic E-state index is 5.61. The molecule has 0 saturated carbocycles. The Balaban J connectivity index is 1.99. The van der Waals surface area contributed by atoms with Crippen LogP contribution in [0.5, 0.6) is 5.75 Å². The molecule has 84 valence electrons. The lowest BCUT2D eigenvalue weighted by Gasteiger charge is -2.04. The Bertz CT molecular complexity index is 470. The van der Waals surface area contributed by atoms with Crippen molar-refractivity contribution in [1.82, 2.24) is 15.0 Å². The van der Waals surface area contributed by atoms with Gasteiger partial charge in [-0.25, -0.2) is 0 Å². The Labute approximate surface area is 102 Å². The minimum atomic E-state index is 0.444. The third-order valence-electron chi connectivity index (χ3n) is 2.09. The van der Waals surface area contributed by atoms with Crippen LogP contribution in [0.1, 0.15) is 11.3 Å². The van der Waals surface area contributed by atoms with E-state index in [2.05, 4.69) is 26.2 Å². The molecule has 2 aromatic rings. The number of aryl methyl sites for hydroxylation is 1. The van der Waals surface area contributed by atoms with E-state index >= 15 is 0 Å². The molecule has 0 unspecified atom stereocenters. The second-order valence-corrected chi connectivity index (χ2v) is 4.01. The van der Waals surface area contributed by atoms with Crippen molar-refractivity contribution in [2.45, 2.75) is 11.9 Å². The van der Waals surface area contributed by atoms with Crippen molar-refractivity contribution in [3.63, 3.8) is 0 Å². The van der Waals surface area contributed by atoms with E-state index in [1.165, 1.54) is 5.56 Å². The molecule has 5 heteroatoms. The van der Waals surface area contributed by atoms with Crippen LogP contribution in [0.4, 0.5) is 0 Å². The minimum absolute atomic E-state index is 0.444.